The molecule has 0 radical (unpaired) electrons. The molecule has 2 aromatic heterocycles. The van der Waals surface area contributed by atoms with E-state index in [0.717, 1.165) is 27.3 Å². The Labute approximate surface area is 253 Å². The van der Waals surface area contributed by atoms with Crippen LogP contribution in [0.5, 0.6) is 0 Å². The van der Waals surface area contributed by atoms with Crippen molar-refractivity contribution in [2.45, 2.75) is 5.54 Å². The molecule has 9 nitrogen and oxygen atoms in total. The number of halogens is 2. The third-order valence-corrected chi connectivity index (χ3v) is 7.15. The first-order chi connectivity index (χ1) is 22.1. The third-order valence-electron chi connectivity index (χ3n) is 6.57. The van der Waals surface area contributed by atoms with Crippen LogP contribution in [0.4, 0.5) is 10.2 Å². The molecule has 0 fully saturated rings. The molecule has 4 aromatic carbocycles. The minimum atomic E-state index is -2.22. The molecule has 0 bridgehead atoms. The minimum Gasteiger partial charge on any atom is -0.364 e. The van der Waals surface area contributed by atoms with Gasteiger partial charge in [0.2, 0.25) is 11.6 Å². The van der Waals surface area contributed by atoms with Crippen LogP contribution in [0.1, 0.15) is 22.2 Å². The van der Waals surface area contributed by atoms with E-state index in [-0.39, 0.29) is 34.0 Å². The quantitative estimate of drug-likeness (QED) is 0.184. The molecule has 0 aliphatic heterocycles. The Balaban J connectivity index is 1.37. The van der Waals surface area contributed by atoms with Gasteiger partial charge in [-0.05, 0) is 61.1 Å². The van der Waals surface area contributed by atoms with Crippen LogP contribution < -0.4 is 16.4 Å². The Kier molecular flexibility index (Phi) is 6.47. The number of rotatable bonds is 10. The Bertz CT molecular complexity index is 1950. The molecule has 0 saturated heterocycles. The summed E-state index contributed by atoms with van der Waals surface area (Å²) in [6.07, 6.45) is 0. The van der Waals surface area contributed by atoms with Gasteiger partial charge in [0, 0.05) is 13.0 Å². The van der Waals surface area contributed by atoms with E-state index in [4.69, 9.17) is 14.6 Å². The summed E-state index contributed by atoms with van der Waals surface area (Å²) >= 11 is 2.96. The minimum absolute atomic E-state index is 0.238. The van der Waals surface area contributed by atoms with Gasteiger partial charge in [0.1, 0.15) is 5.82 Å². The van der Waals surface area contributed by atoms with E-state index >= 15 is 0 Å². The summed E-state index contributed by atoms with van der Waals surface area (Å²) in [4.78, 5) is 12.7. The van der Waals surface area contributed by atoms with Crippen molar-refractivity contribution in [3.05, 3.63) is 147 Å². The summed E-state index contributed by atoms with van der Waals surface area (Å²) in [6, 6.07) is 28.8. The van der Waals surface area contributed by atoms with E-state index in [1.54, 1.807) is 0 Å². The molecular weight excluding hydrogens is 603 g/mol. The molecule has 0 saturated carbocycles. The lowest BCUT2D eigenvalue weighted by Crippen LogP contribution is -2.46. The van der Waals surface area contributed by atoms with Gasteiger partial charge in [0.25, 0.3) is 0 Å². The van der Waals surface area contributed by atoms with Crippen molar-refractivity contribution in [2.24, 2.45) is 0 Å². The topological polar surface area (TPSA) is 111 Å². The molecule has 0 aliphatic carbocycles. The maximum atomic E-state index is 14.2. The molecule has 6 rings (SSSR count). The highest BCUT2D eigenvalue weighted by molar-refractivity contribution is 9.10. The van der Waals surface area contributed by atoms with Gasteiger partial charge >= 0.3 is 5.76 Å². The fourth-order valence-electron chi connectivity index (χ4n) is 4.70. The summed E-state index contributed by atoms with van der Waals surface area (Å²) in [6.45, 7) is -2.49. The summed E-state index contributed by atoms with van der Waals surface area (Å²) in [7, 11) is 0. The molecule has 0 spiro atoms. The number of hydrogen-bond acceptors (Lipinski definition) is 8. The van der Waals surface area contributed by atoms with Crippen molar-refractivity contribution in [1.82, 2.24) is 25.4 Å². The molecule has 0 amide bonds. The van der Waals surface area contributed by atoms with Crippen LogP contribution in [0.2, 0.25) is 0 Å². The Hall–Kier alpha value is -4.87. The maximum Gasteiger partial charge on any atom is 0.446 e. The lowest BCUT2D eigenvalue weighted by atomic mass is 9.77. The second kappa shape index (κ2) is 11.9. The number of hydrogen-bond donors (Lipinski definition) is 2. The average Bonchev–Trinajstić information content (AvgIpc) is 3.67. The van der Waals surface area contributed by atoms with Crippen LogP contribution in [0.3, 0.4) is 0 Å². The standard InChI is InChI=1S/C31H24BrFN6O3/c32-25-20-24(16-17-26(25)33)39-29(38-41-30(39)40)27-28(37-42-36-27)34-18-19-35-31(21-10-4-1-5-11-21,22-12-6-2-7-13-22)23-14-8-3-9-15-23/h1-17,20,35H,18-19H2,(H,34,37)/i16D,18D2,20D. The summed E-state index contributed by atoms with van der Waals surface area (Å²) in [5, 5.41) is 17.4. The van der Waals surface area contributed by atoms with Gasteiger partial charge in [-0.25, -0.2) is 18.4 Å². The molecule has 0 atom stereocenters. The Morgan fingerprint density at radius 2 is 1.50 bits per heavy atom. The molecule has 0 unspecified atom stereocenters. The van der Waals surface area contributed by atoms with Gasteiger partial charge in [-0.1, -0.05) is 96.2 Å². The van der Waals surface area contributed by atoms with E-state index < -0.39 is 35.7 Å². The largest absolute Gasteiger partial charge is 0.446 e. The second-order valence-corrected chi connectivity index (χ2v) is 9.79. The first-order valence-corrected chi connectivity index (χ1v) is 13.5. The zero-order valence-electron chi connectivity index (χ0n) is 25.7. The summed E-state index contributed by atoms with van der Waals surface area (Å²) < 4.78 is 58.7. The van der Waals surface area contributed by atoms with Crippen LogP contribution >= 0.6 is 15.9 Å². The van der Waals surface area contributed by atoms with Crippen LogP contribution in [-0.4, -0.2) is 33.1 Å². The van der Waals surface area contributed by atoms with E-state index in [2.05, 4.69) is 42.0 Å². The zero-order chi connectivity index (χ0) is 32.5. The molecule has 11 heteroatoms. The fourth-order valence-corrected chi connectivity index (χ4v) is 5.01. The number of aromatic nitrogens is 4. The van der Waals surface area contributed by atoms with Crippen molar-refractivity contribution < 1.29 is 19.0 Å². The van der Waals surface area contributed by atoms with Crippen LogP contribution in [0.15, 0.2) is 128 Å². The second-order valence-electron chi connectivity index (χ2n) is 9.00. The Morgan fingerprint density at radius 1 is 0.905 bits per heavy atom. The monoisotopic (exact) mass is 630 g/mol. The summed E-state index contributed by atoms with van der Waals surface area (Å²) in [5.74, 6) is -2.54. The van der Waals surface area contributed by atoms with E-state index in [0.29, 0.717) is 0 Å². The van der Waals surface area contributed by atoms with Gasteiger partial charge in [0.15, 0.2) is 5.69 Å². The van der Waals surface area contributed by atoms with Gasteiger partial charge in [-0.15, -0.1) is 0 Å². The highest BCUT2D eigenvalue weighted by Crippen LogP contribution is 2.36. The third kappa shape index (κ3) is 5.15. The van der Waals surface area contributed by atoms with E-state index in [1.807, 2.05) is 91.0 Å². The van der Waals surface area contributed by atoms with Crippen molar-refractivity contribution in [3.8, 4) is 17.2 Å². The van der Waals surface area contributed by atoms with Crippen LogP contribution in [0.25, 0.3) is 17.2 Å². The number of anilines is 1. The van der Waals surface area contributed by atoms with Gasteiger partial charge < -0.3 is 5.32 Å². The predicted octanol–water partition coefficient (Wildman–Crippen LogP) is 5.77. The first kappa shape index (κ1) is 22.8. The normalized spacial score (nSPS) is 13.2. The zero-order valence-corrected chi connectivity index (χ0v) is 23.3. The molecule has 2 heterocycles. The van der Waals surface area contributed by atoms with Crippen LogP contribution in [0, 0.1) is 5.82 Å². The highest BCUT2D eigenvalue weighted by Gasteiger charge is 2.35. The smallest absolute Gasteiger partial charge is 0.364 e. The van der Waals surface area contributed by atoms with Gasteiger partial charge in [-0.3, -0.25) is 9.84 Å². The van der Waals surface area contributed by atoms with Crippen molar-refractivity contribution in [1.29, 1.82) is 0 Å². The van der Waals surface area contributed by atoms with Crippen molar-refractivity contribution in [3.63, 3.8) is 0 Å². The fraction of sp³-hybridized carbons (Fsp3) is 0.0968. The SMILES string of the molecule is [2H]c1cc(F)c(Br)c([2H])c1-n1c(-c2nonc2NC([2H])([2H])CNC(c2ccccc2)(c2ccccc2)c2ccccc2)noc1=O. The lowest BCUT2D eigenvalue weighted by molar-refractivity contribution is 0.309. The van der Waals surface area contributed by atoms with Gasteiger partial charge in [-0.2, -0.15) is 0 Å². The van der Waals surface area contributed by atoms with Gasteiger partial charge in [0.05, 0.1) is 21.2 Å². The lowest BCUT2D eigenvalue weighted by Gasteiger charge is -2.37. The highest BCUT2D eigenvalue weighted by atomic mass is 79.9. The van der Waals surface area contributed by atoms with E-state index in [9.17, 15) is 9.18 Å². The number of nitrogens with one attached hydrogen (secondary N) is 2. The van der Waals surface area contributed by atoms with E-state index in [1.165, 1.54) is 0 Å². The molecule has 6 aromatic rings. The predicted molar refractivity (Wildman–Crippen MR) is 159 cm³/mol. The number of nitrogens with zero attached hydrogens (tertiary/aromatic N) is 4. The molecular formula is C31H24BrFN6O3. The summed E-state index contributed by atoms with van der Waals surface area (Å²) in [5.41, 5.74) is 1.08. The molecule has 42 heavy (non-hydrogen) atoms. The average molecular weight is 631 g/mol. The maximum absolute atomic E-state index is 14.2. The molecule has 210 valence electrons. The van der Waals surface area contributed by atoms with Crippen molar-refractivity contribution in [2.75, 3.05) is 18.4 Å². The molecule has 0 aliphatic rings. The Morgan fingerprint density at radius 3 is 2.10 bits per heavy atom. The van der Waals surface area contributed by atoms with Crippen LogP contribution in [-0.2, 0) is 5.54 Å². The number of benzene rings is 4. The van der Waals surface area contributed by atoms with Crippen molar-refractivity contribution >= 4 is 21.7 Å². The molecule has 2 N–H and O–H groups in total. The first-order valence-electron chi connectivity index (χ1n) is 14.7.